The molecule has 0 saturated carbocycles. The zero-order valence-electron chi connectivity index (χ0n) is 7.16. The van der Waals surface area contributed by atoms with Crippen LogP contribution in [0.25, 0.3) is 0 Å². The van der Waals surface area contributed by atoms with Gasteiger partial charge in [-0.3, -0.25) is 0 Å². The van der Waals surface area contributed by atoms with E-state index >= 15 is 0 Å². The molecule has 0 atom stereocenters. The molecule has 0 bridgehead atoms. The number of sulfone groups is 2. The van der Waals surface area contributed by atoms with E-state index < -0.39 is 19.7 Å². The molecule has 0 fully saturated rings. The van der Waals surface area contributed by atoms with E-state index in [4.69, 9.17) is 0 Å². The van der Waals surface area contributed by atoms with Crippen LogP contribution in [0, 0.1) is 0 Å². The van der Waals surface area contributed by atoms with Crippen LogP contribution in [0.4, 0.5) is 0 Å². The van der Waals surface area contributed by atoms with E-state index in [1.165, 1.54) is 6.26 Å². The van der Waals surface area contributed by atoms with E-state index in [0.29, 0.717) is 0 Å². The minimum atomic E-state index is -2.67. The molecular formula is C5H14O4S2. The van der Waals surface area contributed by atoms with Crippen molar-refractivity contribution in [2.24, 2.45) is 0 Å². The lowest BCUT2D eigenvalue weighted by Gasteiger charge is -1.81. The Balaban J connectivity index is 0. The highest BCUT2D eigenvalue weighted by Gasteiger charge is 1.90. The number of hydrogen-bond acceptors (Lipinski definition) is 4. The summed E-state index contributed by atoms with van der Waals surface area (Å²) in [7, 11) is -5.33. The van der Waals surface area contributed by atoms with E-state index in [1.54, 1.807) is 6.92 Å². The van der Waals surface area contributed by atoms with Gasteiger partial charge in [0.05, 0.1) is 0 Å². The van der Waals surface area contributed by atoms with Crippen molar-refractivity contribution in [3.63, 3.8) is 0 Å². The first kappa shape index (κ1) is 13.5. The van der Waals surface area contributed by atoms with Crippen LogP contribution < -0.4 is 0 Å². The number of hydrogen-bond donors (Lipinski definition) is 0. The summed E-state index contributed by atoms with van der Waals surface area (Å²) >= 11 is 0. The van der Waals surface area contributed by atoms with Gasteiger partial charge in [0.1, 0.15) is 19.7 Å². The van der Waals surface area contributed by atoms with Gasteiger partial charge in [-0.2, -0.15) is 0 Å². The van der Waals surface area contributed by atoms with E-state index in [9.17, 15) is 16.8 Å². The topological polar surface area (TPSA) is 68.3 Å². The summed E-state index contributed by atoms with van der Waals surface area (Å²) in [6.45, 7) is 1.62. The second-order valence-electron chi connectivity index (χ2n) is 2.36. The molecule has 11 heavy (non-hydrogen) atoms. The lowest BCUT2D eigenvalue weighted by molar-refractivity contribution is 0.602. The van der Waals surface area contributed by atoms with Crippen molar-refractivity contribution in [1.29, 1.82) is 0 Å². The normalized spacial score (nSPS) is 11.6. The first-order chi connectivity index (χ1) is 4.56. The summed E-state index contributed by atoms with van der Waals surface area (Å²) in [6, 6.07) is 0. The van der Waals surface area contributed by atoms with Gasteiger partial charge in [-0.15, -0.1) is 0 Å². The monoisotopic (exact) mass is 202 g/mol. The maximum atomic E-state index is 10.0. The first-order valence-electron chi connectivity index (χ1n) is 2.89. The third kappa shape index (κ3) is 73.5. The molecule has 0 heterocycles. The maximum absolute atomic E-state index is 10.0. The molecule has 0 radical (unpaired) electrons. The predicted octanol–water partition coefficient (Wildman–Crippen LogP) is -0.288. The SMILES string of the molecule is CCS(C)(=O)=O.CS(C)(=O)=O. The summed E-state index contributed by atoms with van der Waals surface area (Å²) in [5, 5.41) is 0. The lowest BCUT2D eigenvalue weighted by atomic mass is 11.0. The zero-order chi connectivity index (χ0) is 9.71. The zero-order valence-corrected chi connectivity index (χ0v) is 8.79. The molecule has 0 aromatic heterocycles. The highest BCUT2D eigenvalue weighted by Crippen LogP contribution is 1.75. The molecule has 0 unspecified atom stereocenters. The fraction of sp³-hybridized carbons (Fsp3) is 1.00. The first-order valence-corrected chi connectivity index (χ1v) is 7.25. The highest BCUT2D eigenvalue weighted by atomic mass is 32.2. The summed E-state index contributed by atoms with van der Waals surface area (Å²) in [5.41, 5.74) is 0. The van der Waals surface area contributed by atoms with Gasteiger partial charge in [0, 0.05) is 24.5 Å². The van der Waals surface area contributed by atoms with Crippen LogP contribution in [-0.4, -0.2) is 41.4 Å². The molecule has 0 saturated heterocycles. The van der Waals surface area contributed by atoms with Gasteiger partial charge in [-0.05, 0) is 0 Å². The molecule has 0 aliphatic heterocycles. The third-order valence-electron chi connectivity index (χ3n) is 0.524. The number of rotatable bonds is 1. The third-order valence-corrected chi connectivity index (χ3v) is 1.57. The summed E-state index contributed by atoms with van der Waals surface area (Å²) < 4.78 is 39.3. The van der Waals surface area contributed by atoms with Gasteiger partial charge < -0.3 is 0 Å². The molecule has 0 aromatic rings. The van der Waals surface area contributed by atoms with Crippen molar-refractivity contribution < 1.29 is 16.8 Å². The Morgan fingerprint density at radius 3 is 1.00 bits per heavy atom. The average Bonchev–Trinajstić information content (AvgIpc) is 1.59. The van der Waals surface area contributed by atoms with Crippen LogP contribution in [0.15, 0.2) is 0 Å². The van der Waals surface area contributed by atoms with Crippen molar-refractivity contribution in [2.75, 3.05) is 24.5 Å². The van der Waals surface area contributed by atoms with E-state index in [2.05, 4.69) is 0 Å². The summed E-state index contributed by atoms with van der Waals surface area (Å²) in [6.07, 6.45) is 3.53. The molecule has 0 rings (SSSR count). The fourth-order valence-corrected chi connectivity index (χ4v) is 0. The van der Waals surface area contributed by atoms with E-state index in [-0.39, 0.29) is 5.75 Å². The minimum absolute atomic E-state index is 0.243. The summed E-state index contributed by atoms with van der Waals surface area (Å²) in [5.74, 6) is 0.243. The van der Waals surface area contributed by atoms with Crippen LogP contribution in [0.5, 0.6) is 0 Å². The van der Waals surface area contributed by atoms with Crippen molar-refractivity contribution in [1.82, 2.24) is 0 Å². The fourth-order valence-electron chi connectivity index (χ4n) is 0. The predicted molar refractivity (Wildman–Crippen MR) is 46.2 cm³/mol. The van der Waals surface area contributed by atoms with Gasteiger partial charge in [0.25, 0.3) is 0 Å². The Kier molecular flexibility index (Phi) is 5.78. The molecule has 0 aliphatic rings. The Morgan fingerprint density at radius 1 is 0.909 bits per heavy atom. The molecule has 70 valence electrons. The molecule has 0 N–H and O–H groups in total. The molecule has 0 aromatic carbocycles. The Hall–Kier alpha value is -0.100. The second-order valence-corrected chi connectivity index (χ2v) is 7.07. The second kappa shape index (κ2) is 4.71. The van der Waals surface area contributed by atoms with Crippen LogP contribution in [-0.2, 0) is 19.7 Å². The quantitative estimate of drug-likeness (QED) is 0.586. The average molecular weight is 202 g/mol. The summed E-state index contributed by atoms with van der Waals surface area (Å²) in [4.78, 5) is 0. The van der Waals surface area contributed by atoms with Gasteiger partial charge in [0.2, 0.25) is 0 Å². The molecular weight excluding hydrogens is 188 g/mol. The van der Waals surface area contributed by atoms with Crippen LogP contribution >= 0.6 is 0 Å². The Labute approximate surface area is 68.5 Å². The molecule has 0 spiro atoms. The minimum Gasteiger partial charge on any atom is -0.229 e. The lowest BCUT2D eigenvalue weighted by Crippen LogP contribution is -1.96. The van der Waals surface area contributed by atoms with Crippen LogP contribution in [0.1, 0.15) is 6.92 Å². The maximum Gasteiger partial charge on any atom is 0.147 e. The molecule has 4 nitrogen and oxygen atoms in total. The van der Waals surface area contributed by atoms with Gasteiger partial charge in [-0.1, -0.05) is 6.92 Å². The van der Waals surface area contributed by atoms with E-state index in [1.807, 2.05) is 0 Å². The highest BCUT2D eigenvalue weighted by molar-refractivity contribution is 7.90. The molecule has 6 heteroatoms. The molecule has 0 aliphatic carbocycles. The van der Waals surface area contributed by atoms with Crippen LogP contribution in [0.2, 0.25) is 0 Å². The van der Waals surface area contributed by atoms with E-state index in [0.717, 1.165) is 12.5 Å². The van der Waals surface area contributed by atoms with Gasteiger partial charge >= 0.3 is 0 Å². The van der Waals surface area contributed by atoms with Crippen molar-refractivity contribution in [3.05, 3.63) is 0 Å². The Morgan fingerprint density at radius 2 is 1.00 bits per heavy atom. The Bertz CT molecular complexity index is 264. The van der Waals surface area contributed by atoms with Crippen molar-refractivity contribution >= 4 is 19.7 Å². The van der Waals surface area contributed by atoms with Gasteiger partial charge in [0.15, 0.2) is 0 Å². The van der Waals surface area contributed by atoms with Crippen molar-refractivity contribution in [3.8, 4) is 0 Å². The van der Waals surface area contributed by atoms with Crippen LogP contribution in [0.3, 0.4) is 0 Å². The van der Waals surface area contributed by atoms with Crippen molar-refractivity contribution in [2.45, 2.75) is 6.92 Å². The smallest absolute Gasteiger partial charge is 0.147 e. The molecule has 0 amide bonds. The van der Waals surface area contributed by atoms with Gasteiger partial charge in [-0.25, -0.2) is 16.8 Å². The standard InChI is InChI=1S/C3H8O2S.C2H6O2S/c1-3-6(2,4)5;1-5(2,3)4/h3H2,1-2H3;1-2H3. The largest absolute Gasteiger partial charge is 0.229 e.